The maximum absolute atomic E-state index is 10.8. The van der Waals surface area contributed by atoms with Crippen LogP contribution in [0.3, 0.4) is 0 Å². The lowest BCUT2D eigenvalue weighted by Crippen LogP contribution is -2.42. The molecule has 2 aliphatic heterocycles. The lowest BCUT2D eigenvalue weighted by atomic mass is 10.1. The highest BCUT2D eigenvalue weighted by molar-refractivity contribution is 5.63. The Bertz CT molecular complexity index is 239. The molecule has 2 heterocycles. The van der Waals surface area contributed by atoms with Crippen LogP contribution in [0.1, 0.15) is 13.8 Å². The summed E-state index contributed by atoms with van der Waals surface area (Å²) in [5.74, 6) is -2.28. The largest absolute Gasteiger partial charge is 0.388 e. The van der Waals surface area contributed by atoms with Gasteiger partial charge in [0.1, 0.15) is 6.10 Å². The van der Waals surface area contributed by atoms with Crippen LogP contribution < -0.4 is 0 Å². The SMILES string of the molecule is CC1(C)O[C@H]2[C@H](O)COC2(C=O)O1. The maximum Gasteiger partial charge on any atom is 0.258 e. The first-order valence-electron chi connectivity index (χ1n) is 4.15. The maximum atomic E-state index is 10.8. The predicted molar refractivity (Wildman–Crippen MR) is 40.8 cm³/mol. The molecule has 0 aromatic heterocycles. The Hall–Kier alpha value is -0.490. The summed E-state index contributed by atoms with van der Waals surface area (Å²) in [6.45, 7) is 3.42. The van der Waals surface area contributed by atoms with Gasteiger partial charge in [-0.3, -0.25) is 4.79 Å². The molecule has 1 unspecified atom stereocenters. The van der Waals surface area contributed by atoms with Gasteiger partial charge in [0, 0.05) is 0 Å². The number of aldehydes is 1. The van der Waals surface area contributed by atoms with Gasteiger partial charge in [0.05, 0.1) is 6.61 Å². The van der Waals surface area contributed by atoms with E-state index in [2.05, 4.69) is 0 Å². The van der Waals surface area contributed by atoms with Gasteiger partial charge in [0.2, 0.25) is 0 Å². The standard InChI is InChI=1S/C8H12O5/c1-7(2)12-6-5(10)3-11-8(6,4-9)13-7/h4-6,10H,3H2,1-2H3/t5-,6+,8?/m1/s1. The first-order valence-corrected chi connectivity index (χ1v) is 4.15. The Balaban J connectivity index is 2.29. The number of ether oxygens (including phenoxy) is 3. The number of carbonyl (C=O) groups excluding carboxylic acids is 1. The van der Waals surface area contributed by atoms with Crippen LogP contribution in [-0.2, 0) is 19.0 Å². The fraction of sp³-hybridized carbons (Fsp3) is 0.875. The number of aliphatic hydroxyl groups excluding tert-OH is 1. The van der Waals surface area contributed by atoms with Crippen LogP contribution in [0.5, 0.6) is 0 Å². The molecule has 0 saturated carbocycles. The molecule has 13 heavy (non-hydrogen) atoms. The summed E-state index contributed by atoms with van der Waals surface area (Å²) in [6, 6.07) is 0. The molecule has 3 atom stereocenters. The van der Waals surface area contributed by atoms with Crippen LogP contribution >= 0.6 is 0 Å². The number of rotatable bonds is 1. The third-order valence-electron chi connectivity index (χ3n) is 2.21. The first kappa shape index (κ1) is 9.08. The summed E-state index contributed by atoms with van der Waals surface area (Å²) in [5, 5.41) is 9.44. The summed E-state index contributed by atoms with van der Waals surface area (Å²) in [6.07, 6.45) is -0.963. The minimum atomic E-state index is -1.40. The Morgan fingerprint density at radius 1 is 1.54 bits per heavy atom. The molecule has 74 valence electrons. The second-order valence-corrected chi connectivity index (χ2v) is 3.76. The highest BCUT2D eigenvalue weighted by Crippen LogP contribution is 2.41. The van der Waals surface area contributed by atoms with Crippen molar-refractivity contribution in [3.05, 3.63) is 0 Å². The molecule has 0 aliphatic carbocycles. The van der Waals surface area contributed by atoms with E-state index in [1.54, 1.807) is 13.8 Å². The van der Waals surface area contributed by atoms with Crippen molar-refractivity contribution in [1.29, 1.82) is 0 Å². The van der Waals surface area contributed by atoms with Crippen molar-refractivity contribution in [3.8, 4) is 0 Å². The molecule has 0 bridgehead atoms. The minimum Gasteiger partial charge on any atom is -0.388 e. The number of hydrogen-bond donors (Lipinski definition) is 1. The van der Waals surface area contributed by atoms with Gasteiger partial charge in [-0.2, -0.15) is 0 Å². The van der Waals surface area contributed by atoms with Crippen molar-refractivity contribution in [2.24, 2.45) is 0 Å². The number of fused-ring (bicyclic) bond motifs is 1. The van der Waals surface area contributed by atoms with Crippen molar-refractivity contribution in [2.75, 3.05) is 6.61 Å². The molecule has 0 radical (unpaired) electrons. The van der Waals surface area contributed by atoms with E-state index in [1.807, 2.05) is 0 Å². The molecule has 5 nitrogen and oxygen atoms in total. The van der Waals surface area contributed by atoms with Gasteiger partial charge in [-0.15, -0.1) is 0 Å². The summed E-state index contributed by atoms with van der Waals surface area (Å²) >= 11 is 0. The summed E-state index contributed by atoms with van der Waals surface area (Å²) in [4.78, 5) is 10.8. The Labute approximate surface area is 75.6 Å². The van der Waals surface area contributed by atoms with Crippen LogP contribution in [0.2, 0.25) is 0 Å². The fourth-order valence-electron chi connectivity index (χ4n) is 1.74. The van der Waals surface area contributed by atoms with Gasteiger partial charge < -0.3 is 19.3 Å². The van der Waals surface area contributed by atoms with Crippen LogP contribution in [0.15, 0.2) is 0 Å². The topological polar surface area (TPSA) is 65.0 Å². The monoisotopic (exact) mass is 188 g/mol. The van der Waals surface area contributed by atoms with Crippen molar-refractivity contribution in [2.45, 2.75) is 37.6 Å². The van der Waals surface area contributed by atoms with Gasteiger partial charge in [0.15, 0.2) is 18.2 Å². The summed E-state index contributed by atoms with van der Waals surface area (Å²) in [5.41, 5.74) is 0. The van der Waals surface area contributed by atoms with Crippen LogP contribution in [-0.4, -0.2) is 41.8 Å². The third-order valence-corrected chi connectivity index (χ3v) is 2.21. The molecule has 0 aromatic carbocycles. The Kier molecular flexibility index (Phi) is 1.75. The van der Waals surface area contributed by atoms with E-state index in [-0.39, 0.29) is 6.61 Å². The molecule has 0 amide bonds. The fourth-order valence-corrected chi connectivity index (χ4v) is 1.74. The van der Waals surface area contributed by atoms with E-state index in [0.29, 0.717) is 6.29 Å². The van der Waals surface area contributed by atoms with E-state index < -0.39 is 23.8 Å². The predicted octanol–water partition coefficient (Wildman–Crippen LogP) is -0.576. The Morgan fingerprint density at radius 2 is 2.23 bits per heavy atom. The van der Waals surface area contributed by atoms with Gasteiger partial charge in [-0.25, -0.2) is 0 Å². The summed E-state index contributed by atoms with van der Waals surface area (Å²) < 4.78 is 15.8. The van der Waals surface area contributed by atoms with Crippen LogP contribution in [0, 0.1) is 0 Å². The molecular weight excluding hydrogens is 176 g/mol. The zero-order chi connectivity index (χ0) is 9.69. The van der Waals surface area contributed by atoms with Gasteiger partial charge >= 0.3 is 0 Å². The van der Waals surface area contributed by atoms with E-state index in [0.717, 1.165) is 0 Å². The van der Waals surface area contributed by atoms with Crippen LogP contribution in [0.25, 0.3) is 0 Å². The van der Waals surface area contributed by atoms with Crippen molar-refractivity contribution < 1.29 is 24.1 Å². The highest BCUT2D eigenvalue weighted by atomic mass is 16.9. The Morgan fingerprint density at radius 3 is 2.77 bits per heavy atom. The molecule has 0 spiro atoms. The first-order chi connectivity index (χ1) is 5.99. The molecule has 2 aliphatic rings. The molecule has 1 N–H and O–H groups in total. The van der Waals surface area contributed by atoms with Gasteiger partial charge in [-0.05, 0) is 13.8 Å². The minimum absolute atomic E-state index is 0.0689. The second kappa shape index (κ2) is 2.51. The quantitative estimate of drug-likeness (QED) is 0.558. The number of aliphatic hydroxyl groups is 1. The zero-order valence-corrected chi connectivity index (χ0v) is 7.52. The average Bonchev–Trinajstić information content (AvgIpc) is 2.47. The molecular formula is C8H12O5. The molecule has 2 saturated heterocycles. The normalized spacial score (nSPS) is 47.6. The second-order valence-electron chi connectivity index (χ2n) is 3.76. The summed E-state index contributed by atoms with van der Waals surface area (Å²) in [7, 11) is 0. The number of carbonyl (C=O) groups is 1. The molecule has 2 rings (SSSR count). The number of hydrogen-bond acceptors (Lipinski definition) is 5. The van der Waals surface area contributed by atoms with E-state index >= 15 is 0 Å². The van der Waals surface area contributed by atoms with E-state index in [1.165, 1.54) is 0 Å². The molecule has 0 aromatic rings. The van der Waals surface area contributed by atoms with E-state index in [4.69, 9.17) is 14.2 Å². The molecule has 5 heteroatoms. The lowest BCUT2D eigenvalue weighted by Gasteiger charge is -2.21. The average molecular weight is 188 g/mol. The van der Waals surface area contributed by atoms with Crippen molar-refractivity contribution >= 4 is 6.29 Å². The molecule has 2 fully saturated rings. The van der Waals surface area contributed by atoms with Gasteiger partial charge in [-0.1, -0.05) is 0 Å². The van der Waals surface area contributed by atoms with E-state index in [9.17, 15) is 9.90 Å². The third kappa shape index (κ3) is 1.20. The highest BCUT2D eigenvalue weighted by Gasteiger charge is 2.61. The van der Waals surface area contributed by atoms with Crippen molar-refractivity contribution in [1.82, 2.24) is 0 Å². The van der Waals surface area contributed by atoms with Gasteiger partial charge in [0.25, 0.3) is 5.79 Å². The zero-order valence-electron chi connectivity index (χ0n) is 7.52. The smallest absolute Gasteiger partial charge is 0.258 e. The lowest BCUT2D eigenvalue weighted by molar-refractivity contribution is -0.234. The van der Waals surface area contributed by atoms with Crippen LogP contribution in [0.4, 0.5) is 0 Å². The van der Waals surface area contributed by atoms with Crippen molar-refractivity contribution in [3.63, 3.8) is 0 Å².